The maximum Gasteiger partial charge on any atom is 0.417 e. The van der Waals surface area contributed by atoms with Crippen LogP contribution >= 0.6 is 0 Å². The molecule has 11 heteroatoms. The SMILES string of the molecule is Cc1cc(NC(=O)c2cccc3[nH]c(-c4ccc(NCCO)cc4C(F)(F)F)nc23)n(C)n1. The smallest absolute Gasteiger partial charge is 0.395 e. The number of alkyl halides is 3. The Hall–Kier alpha value is -3.86. The Morgan fingerprint density at radius 3 is 2.67 bits per heavy atom. The van der Waals surface area contributed by atoms with Crippen molar-refractivity contribution < 1.29 is 23.1 Å². The highest BCUT2D eigenvalue weighted by molar-refractivity contribution is 6.11. The number of halogens is 3. The molecule has 0 aliphatic heterocycles. The number of carbonyl (C=O) groups is 1. The second-order valence-corrected chi connectivity index (χ2v) is 7.44. The number of aryl methyl sites for hydroxylation is 2. The predicted octanol–water partition coefficient (Wildman–Crippen LogP) is 3.95. The van der Waals surface area contributed by atoms with Gasteiger partial charge in [-0.25, -0.2) is 4.98 Å². The Morgan fingerprint density at radius 2 is 2.00 bits per heavy atom. The highest BCUT2D eigenvalue weighted by Crippen LogP contribution is 2.38. The van der Waals surface area contributed by atoms with Gasteiger partial charge in [-0.2, -0.15) is 18.3 Å². The van der Waals surface area contributed by atoms with Crippen molar-refractivity contribution in [2.24, 2.45) is 7.05 Å². The van der Waals surface area contributed by atoms with Crippen LogP contribution in [0.25, 0.3) is 22.4 Å². The van der Waals surface area contributed by atoms with Gasteiger partial charge in [-0.05, 0) is 37.3 Å². The van der Waals surface area contributed by atoms with Gasteiger partial charge in [0.2, 0.25) is 0 Å². The van der Waals surface area contributed by atoms with Gasteiger partial charge in [-0.1, -0.05) is 6.07 Å². The van der Waals surface area contributed by atoms with Crippen LogP contribution in [-0.2, 0) is 13.2 Å². The summed E-state index contributed by atoms with van der Waals surface area (Å²) in [6, 6.07) is 10.3. The Bertz CT molecular complexity index is 1330. The van der Waals surface area contributed by atoms with Gasteiger partial charge in [0.15, 0.2) is 0 Å². The third-order valence-corrected chi connectivity index (χ3v) is 5.02. The van der Waals surface area contributed by atoms with Crippen LogP contribution in [0.1, 0.15) is 21.6 Å². The van der Waals surface area contributed by atoms with E-state index in [-0.39, 0.29) is 41.3 Å². The molecular weight excluding hydrogens is 437 g/mol. The fraction of sp³-hybridized carbons (Fsp3) is 0.227. The lowest BCUT2D eigenvalue weighted by Crippen LogP contribution is -2.15. The lowest BCUT2D eigenvalue weighted by molar-refractivity contribution is -0.137. The number of H-pyrrole nitrogens is 1. The molecule has 0 radical (unpaired) electrons. The van der Waals surface area contributed by atoms with Crippen LogP contribution in [0.3, 0.4) is 0 Å². The maximum atomic E-state index is 13.8. The molecule has 2 aromatic carbocycles. The van der Waals surface area contributed by atoms with Crippen molar-refractivity contribution in [1.29, 1.82) is 0 Å². The number of aromatic amines is 1. The van der Waals surface area contributed by atoms with Gasteiger partial charge in [0.25, 0.3) is 5.91 Å². The lowest BCUT2D eigenvalue weighted by Gasteiger charge is -2.14. The summed E-state index contributed by atoms with van der Waals surface area (Å²) in [6.45, 7) is 1.70. The molecule has 172 valence electrons. The van der Waals surface area contributed by atoms with Crippen LogP contribution in [-0.4, -0.2) is 43.9 Å². The van der Waals surface area contributed by atoms with Crippen LogP contribution < -0.4 is 10.6 Å². The molecule has 4 aromatic rings. The first-order valence-electron chi connectivity index (χ1n) is 10.0. The number of rotatable bonds is 6. The van der Waals surface area contributed by atoms with Crippen molar-refractivity contribution in [3.63, 3.8) is 0 Å². The summed E-state index contributed by atoms with van der Waals surface area (Å²) in [7, 11) is 1.69. The number of fused-ring (bicyclic) bond motifs is 1. The molecule has 0 atom stereocenters. The molecule has 33 heavy (non-hydrogen) atoms. The molecule has 0 aliphatic carbocycles. The quantitative estimate of drug-likeness (QED) is 0.350. The van der Waals surface area contributed by atoms with Gasteiger partial charge in [-0.15, -0.1) is 0 Å². The fourth-order valence-electron chi connectivity index (χ4n) is 3.55. The molecule has 0 fully saturated rings. The Balaban J connectivity index is 1.75. The first kappa shape index (κ1) is 22.3. The van der Waals surface area contributed by atoms with Gasteiger partial charge >= 0.3 is 6.18 Å². The Labute approximate surface area is 186 Å². The summed E-state index contributed by atoms with van der Waals surface area (Å²) < 4.78 is 42.9. The Kier molecular flexibility index (Phi) is 5.81. The van der Waals surface area contributed by atoms with E-state index in [2.05, 4.69) is 25.7 Å². The molecule has 1 amide bonds. The maximum absolute atomic E-state index is 13.8. The lowest BCUT2D eigenvalue weighted by atomic mass is 10.1. The zero-order valence-corrected chi connectivity index (χ0v) is 17.8. The van der Waals surface area contributed by atoms with Crippen LogP contribution in [0.2, 0.25) is 0 Å². The second-order valence-electron chi connectivity index (χ2n) is 7.44. The molecule has 0 unspecified atom stereocenters. The number of carbonyl (C=O) groups excluding carboxylic acids is 1. The number of para-hydroxylation sites is 1. The summed E-state index contributed by atoms with van der Waals surface area (Å²) in [5.74, 6) is 0.0134. The number of amides is 1. The van der Waals surface area contributed by atoms with Crippen LogP contribution in [0, 0.1) is 6.92 Å². The van der Waals surface area contributed by atoms with E-state index in [1.54, 1.807) is 38.2 Å². The largest absolute Gasteiger partial charge is 0.417 e. The van der Waals surface area contributed by atoms with E-state index >= 15 is 0 Å². The highest BCUT2D eigenvalue weighted by Gasteiger charge is 2.35. The zero-order valence-electron chi connectivity index (χ0n) is 17.8. The number of benzene rings is 2. The van der Waals surface area contributed by atoms with E-state index in [9.17, 15) is 18.0 Å². The Morgan fingerprint density at radius 1 is 1.21 bits per heavy atom. The minimum absolute atomic E-state index is 0.0114. The van der Waals surface area contributed by atoms with Crippen molar-refractivity contribution in [1.82, 2.24) is 19.7 Å². The summed E-state index contributed by atoms with van der Waals surface area (Å²) >= 11 is 0. The van der Waals surface area contributed by atoms with Gasteiger partial charge < -0.3 is 20.7 Å². The van der Waals surface area contributed by atoms with Crippen molar-refractivity contribution in [3.05, 3.63) is 59.3 Å². The molecule has 4 rings (SSSR count). The number of hydrogen-bond acceptors (Lipinski definition) is 5. The number of aliphatic hydroxyl groups is 1. The third-order valence-electron chi connectivity index (χ3n) is 5.02. The number of nitrogens with one attached hydrogen (secondary N) is 3. The zero-order chi connectivity index (χ0) is 23.8. The van der Waals surface area contributed by atoms with E-state index in [1.807, 2.05) is 0 Å². The first-order chi connectivity index (χ1) is 15.7. The number of aliphatic hydroxyl groups excluding tert-OH is 1. The first-order valence-corrected chi connectivity index (χ1v) is 10.0. The van der Waals surface area contributed by atoms with Gasteiger partial charge in [-0.3, -0.25) is 9.48 Å². The molecule has 0 saturated heterocycles. The van der Waals surface area contributed by atoms with Crippen molar-refractivity contribution in [2.45, 2.75) is 13.1 Å². The number of hydrogen-bond donors (Lipinski definition) is 4. The van der Waals surface area contributed by atoms with Crippen LogP contribution in [0.15, 0.2) is 42.5 Å². The number of imidazole rings is 1. The molecule has 4 N–H and O–H groups in total. The molecule has 0 spiro atoms. The average molecular weight is 458 g/mol. The topological polar surface area (TPSA) is 108 Å². The molecule has 0 bridgehead atoms. The second kappa shape index (κ2) is 8.58. The van der Waals surface area contributed by atoms with Crippen molar-refractivity contribution in [2.75, 3.05) is 23.8 Å². The summed E-state index contributed by atoms with van der Waals surface area (Å²) in [5, 5.41) is 18.6. The normalized spacial score (nSPS) is 11.7. The average Bonchev–Trinajstić information content (AvgIpc) is 3.33. The fourth-order valence-corrected chi connectivity index (χ4v) is 3.55. The van der Waals surface area contributed by atoms with Crippen molar-refractivity contribution >= 4 is 28.4 Å². The number of nitrogens with zero attached hydrogens (tertiary/aromatic N) is 3. The monoisotopic (exact) mass is 458 g/mol. The van der Waals surface area contributed by atoms with Gasteiger partial charge in [0.05, 0.1) is 28.9 Å². The summed E-state index contributed by atoms with van der Waals surface area (Å²) in [6.07, 6.45) is -4.64. The number of anilines is 2. The van der Waals surface area contributed by atoms with Gasteiger partial charge in [0.1, 0.15) is 17.2 Å². The minimum atomic E-state index is -4.64. The minimum Gasteiger partial charge on any atom is -0.395 e. The van der Waals surface area contributed by atoms with E-state index in [0.717, 1.165) is 11.8 Å². The standard InChI is InChI=1S/C22H21F3N6O2/c1-12-10-18(31(2)30-12)28-21(33)15-4-3-5-17-19(15)29-20(27-17)14-7-6-13(26-8-9-32)11-16(14)22(23,24)25/h3-7,10-11,26,32H,8-9H2,1-2H3,(H,27,29)(H,28,33). The van der Waals surface area contributed by atoms with Crippen LogP contribution in [0.5, 0.6) is 0 Å². The highest BCUT2D eigenvalue weighted by atomic mass is 19.4. The molecule has 2 aromatic heterocycles. The van der Waals surface area contributed by atoms with E-state index in [0.29, 0.717) is 11.3 Å². The van der Waals surface area contributed by atoms with E-state index < -0.39 is 17.6 Å². The molecule has 0 aliphatic rings. The molecule has 0 saturated carbocycles. The molecule has 2 heterocycles. The summed E-state index contributed by atoms with van der Waals surface area (Å²) in [4.78, 5) is 20.1. The predicted molar refractivity (Wildman–Crippen MR) is 118 cm³/mol. The number of aromatic nitrogens is 4. The van der Waals surface area contributed by atoms with Gasteiger partial charge in [0, 0.05) is 30.9 Å². The molecular formula is C22H21F3N6O2. The van der Waals surface area contributed by atoms with E-state index in [4.69, 9.17) is 5.11 Å². The summed E-state index contributed by atoms with van der Waals surface area (Å²) in [5.41, 5.74) is 0.799. The third kappa shape index (κ3) is 4.53. The van der Waals surface area contributed by atoms with Crippen LogP contribution in [0.4, 0.5) is 24.7 Å². The van der Waals surface area contributed by atoms with Crippen molar-refractivity contribution in [3.8, 4) is 11.4 Å². The molecule has 8 nitrogen and oxygen atoms in total. The van der Waals surface area contributed by atoms with E-state index in [1.165, 1.54) is 16.8 Å².